The fourth-order valence-corrected chi connectivity index (χ4v) is 1.87. The third-order valence-electron chi connectivity index (χ3n) is 3.07. The van der Waals surface area contributed by atoms with Crippen molar-refractivity contribution < 1.29 is 14.1 Å². The molecule has 0 aliphatic rings. The van der Waals surface area contributed by atoms with Gasteiger partial charge in [-0.15, -0.1) is 0 Å². The Bertz CT molecular complexity index is 511. The second kappa shape index (κ2) is 6.70. The van der Waals surface area contributed by atoms with Crippen molar-refractivity contribution in [1.29, 1.82) is 0 Å². The van der Waals surface area contributed by atoms with Gasteiger partial charge in [-0.25, -0.2) is 0 Å². The summed E-state index contributed by atoms with van der Waals surface area (Å²) in [5.41, 5.74) is 2.03. The van der Waals surface area contributed by atoms with Crippen molar-refractivity contribution in [2.24, 2.45) is 0 Å². The second-order valence-corrected chi connectivity index (χ2v) is 4.51. The van der Waals surface area contributed by atoms with Crippen molar-refractivity contribution in [2.75, 3.05) is 12.4 Å². The number of rotatable bonds is 5. The lowest BCUT2D eigenvalue weighted by atomic mass is 10.2. The van der Waals surface area contributed by atoms with Gasteiger partial charge in [-0.3, -0.25) is 4.79 Å². The maximum Gasteiger partial charge on any atom is 0.290 e. The average molecular weight is 271 g/mol. The molecule has 0 spiro atoms. The molecular weight excluding hydrogens is 252 g/mol. The van der Waals surface area contributed by atoms with Crippen LogP contribution in [-0.2, 0) is 17.8 Å². The number of nitrogens with one attached hydrogen (secondary N) is 1. The molecule has 20 heavy (non-hydrogen) atoms. The van der Waals surface area contributed by atoms with Gasteiger partial charge in [-0.2, -0.15) is 4.57 Å². The van der Waals surface area contributed by atoms with E-state index in [9.17, 15) is 4.79 Å². The number of aryl methyl sites for hydroxylation is 1. The van der Waals surface area contributed by atoms with Crippen LogP contribution in [0.3, 0.4) is 0 Å². The van der Waals surface area contributed by atoms with Crippen LogP contribution in [-0.4, -0.2) is 13.0 Å². The van der Waals surface area contributed by atoms with Gasteiger partial charge in [-0.1, -0.05) is 6.92 Å². The van der Waals surface area contributed by atoms with Crippen molar-refractivity contribution in [3.05, 3.63) is 54.4 Å². The number of methoxy groups -OCH3 is 1. The average Bonchev–Trinajstić information content (AvgIpc) is 2.49. The monoisotopic (exact) mass is 271 g/mol. The van der Waals surface area contributed by atoms with Crippen molar-refractivity contribution in [1.82, 2.24) is 0 Å². The summed E-state index contributed by atoms with van der Waals surface area (Å²) in [4.78, 5) is 11.9. The van der Waals surface area contributed by atoms with Crippen molar-refractivity contribution in [3.63, 3.8) is 0 Å². The molecule has 104 valence electrons. The normalized spacial score (nSPS) is 10.1. The molecule has 2 rings (SSSR count). The first kappa shape index (κ1) is 14.1. The SMILES string of the molecule is CCc1cc[n+](CC(=O)Nc2ccc(OC)cc2)cc1. The van der Waals surface area contributed by atoms with Crippen LogP contribution in [0.4, 0.5) is 5.69 Å². The molecule has 4 nitrogen and oxygen atoms in total. The molecule has 0 aliphatic heterocycles. The number of amides is 1. The van der Waals surface area contributed by atoms with Crippen molar-refractivity contribution in [2.45, 2.75) is 19.9 Å². The lowest BCUT2D eigenvalue weighted by molar-refractivity contribution is -0.684. The quantitative estimate of drug-likeness (QED) is 0.847. The standard InChI is InChI=1S/C16H18N2O2/c1-3-13-8-10-18(11-9-13)12-16(19)17-14-4-6-15(20-2)7-5-14/h4-11H,3,12H2,1-2H3/p+1. The summed E-state index contributed by atoms with van der Waals surface area (Å²) in [5, 5.41) is 2.85. The number of carbonyl (C=O) groups excluding carboxylic acids is 1. The number of benzene rings is 1. The van der Waals surface area contributed by atoms with Crippen LogP contribution < -0.4 is 14.6 Å². The Hall–Kier alpha value is -2.36. The van der Waals surface area contributed by atoms with Gasteiger partial charge < -0.3 is 10.1 Å². The summed E-state index contributed by atoms with van der Waals surface area (Å²) in [5.74, 6) is 0.719. The molecule has 0 radical (unpaired) electrons. The fraction of sp³-hybridized carbons (Fsp3) is 0.250. The van der Waals surface area contributed by atoms with Crippen molar-refractivity contribution in [3.8, 4) is 5.75 Å². The number of pyridine rings is 1. The van der Waals surface area contributed by atoms with E-state index in [1.165, 1.54) is 5.56 Å². The molecule has 1 heterocycles. The molecule has 1 aromatic heterocycles. The zero-order chi connectivity index (χ0) is 14.4. The van der Waals surface area contributed by atoms with Crippen LogP contribution >= 0.6 is 0 Å². The van der Waals surface area contributed by atoms with Crippen LogP contribution in [0.1, 0.15) is 12.5 Å². The zero-order valence-corrected chi connectivity index (χ0v) is 11.8. The molecular formula is C16H19N2O2+. The molecule has 2 aromatic rings. The Morgan fingerprint density at radius 3 is 2.35 bits per heavy atom. The molecule has 0 unspecified atom stereocenters. The summed E-state index contributed by atoms with van der Waals surface area (Å²) < 4.78 is 6.93. The smallest absolute Gasteiger partial charge is 0.290 e. The predicted octanol–water partition coefficient (Wildman–Crippen LogP) is 2.18. The Morgan fingerprint density at radius 1 is 1.15 bits per heavy atom. The highest BCUT2D eigenvalue weighted by Crippen LogP contribution is 2.14. The minimum Gasteiger partial charge on any atom is -0.497 e. The van der Waals surface area contributed by atoms with Crippen LogP contribution in [0.25, 0.3) is 0 Å². The molecule has 1 N–H and O–H groups in total. The third kappa shape index (κ3) is 3.82. The number of aromatic nitrogens is 1. The second-order valence-electron chi connectivity index (χ2n) is 4.51. The molecule has 4 heteroatoms. The highest BCUT2D eigenvalue weighted by molar-refractivity contribution is 5.89. The number of carbonyl (C=O) groups is 1. The molecule has 0 saturated carbocycles. The molecule has 0 bridgehead atoms. The number of nitrogens with zero attached hydrogens (tertiary/aromatic N) is 1. The van der Waals surface area contributed by atoms with E-state index in [2.05, 4.69) is 12.2 Å². The summed E-state index contributed by atoms with van der Waals surface area (Å²) in [6.45, 7) is 2.41. The van der Waals surface area contributed by atoms with E-state index < -0.39 is 0 Å². The third-order valence-corrected chi connectivity index (χ3v) is 3.07. The molecule has 1 aromatic carbocycles. The molecule has 0 fully saturated rings. The molecule has 0 atom stereocenters. The minimum atomic E-state index is -0.0515. The maximum atomic E-state index is 11.9. The van der Waals surface area contributed by atoms with E-state index in [0.717, 1.165) is 17.9 Å². The van der Waals surface area contributed by atoms with E-state index >= 15 is 0 Å². The van der Waals surface area contributed by atoms with Crippen LogP contribution in [0.2, 0.25) is 0 Å². The lowest BCUT2D eigenvalue weighted by Gasteiger charge is -2.04. The number of hydrogen-bond acceptors (Lipinski definition) is 2. The largest absolute Gasteiger partial charge is 0.497 e. The lowest BCUT2D eigenvalue weighted by Crippen LogP contribution is -2.39. The maximum absolute atomic E-state index is 11.9. The molecule has 1 amide bonds. The molecule has 0 saturated heterocycles. The van der Waals surface area contributed by atoms with Gasteiger partial charge in [0.25, 0.3) is 5.91 Å². The first-order chi connectivity index (χ1) is 9.71. The van der Waals surface area contributed by atoms with Crippen LogP contribution in [0, 0.1) is 0 Å². The summed E-state index contributed by atoms with van der Waals surface area (Å²) in [6, 6.07) is 11.3. The number of anilines is 1. The Balaban J connectivity index is 1.93. The van der Waals surface area contributed by atoms with E-state index in [-0.39, 0.29) is 5.91 Å². The topological polar surface area (TPSA) is 42.2 Å². The predicted molar refractivity (Wildman–Crippen MR) is 77.6 cm³/mol. The van der Waals surface area contributed by atoms with Gasteiger partial charge in [-0.05, 0) is 36.2 Å². The first-order valence-electron chi connectivity index (χ1n) is 6.63. The van der Waals surface area contributed by atoms with Gasteiger partial charge in [0.05, 0.1) is 7.11 Å². The van der Waals surface area contributed by atoms with E-state index in [1.54, 1.807) is 7.11 Å². The summed E-state index contributed by atoms with van der Waals surface area (Å²) >= 11 is 0. The van der Waals surface area contributed by atoms with Gasteiger partial charge in [0.2, 0.25) is 6.54 Å². The first-order valence-corrected chi connectivity index (χ1v) is 6.63. The highest BCUT2D eigenvalue weighted by atomic mass is 16.5. The van der Waals surface area contributed by atoms with Crippen molar-refractivity contribution >= 4 is 11.6 Å². The highest BCUT2D eigenvalue weighted by Gasteiger charge is 2.09. The van der Waals surface area contributed by atoms with Gasteiger partial charge in [0, 0.05) is 17.8 Å². The Labute approximate surface area is 119 Å². The fourth-order valence-electron chi connectivity index (χ4n) is 1.87. The summed E-state index contributed by atoms with van der Waals surface area (Å²) in [6.07, 6.45) is 4.84. The van der Waals surface area contributed by atoms with Gasteiger partial charge in [0.15, 0.2) is 12.4 Å². The molecule has 0 aliphatic carbocycles. The Morgan fingerprint density at radius 2 is 1.80 bits per heavy atom. The number of ether oxygens (including phenoxy) is 1. The minimum absolute atomic E-state index is 0.0515. The van der Waals surface area contributed by atoms with E-state index in [0.29, 0.717) is 6.54 Å². The van der Waals surface area contributed by atoms with Gasteiger partial charge in [0.1, 0.15) is 5.75 Å². The van der Waals surface area contributed by atoms with E-state index in [4.69, 9.17) is 4.74 Å². The van der Waals surface area contributed by atoms with Gasteiger partial charge >= 0.3 is 0 Å². The summed E-state index contributed by atoms with van der Waals surface area (Å²) in [7, 11) is 1.62. The zero-order valence-electron chi connectivity index (χ0n) is 11.8. The van der Waals surface area contributed by atoms with E-state index in [1.807, 2.05) is 53.4 Å². The van der Waals surface area contributed by atoms with Crippen LogP contribution in [0.5, 0.6) is 5.75 Å². The van der Waals surface area contributed by atoms with Crippen LogP contribution in [0.15, 0.2) is 48.8 Å². The Kier molecular flexibility index (Phi) is 4.71. The number of hydrogen-bond donors (Lipinski definition) is 1.